The molecule has 0 amide bonds. The molecule has 2 unspecified atom stereocenters. The lowest BCUT2D eigenvalue weighted by molar-refractivity contribution is -0.144. The summed E-state index contributed by atoms with van der Waals surface area (Å²) >= 11 is 0. The Morgan fingerprint density at radius 3 is 2.88 bits per heavy atom. The first-order valence-corrected chi connectivity index (χ1v) is 5.03. The lowest BCUT2D eigenvalue weighted by Gasteiger charge is -2.28. The van der Waals surface area contributed by atoms with Crippen LogP contribution in [0.1, 0.15) is 11.7 Å². The highest BCUT2D eigenvalue weighted by Crippen LogP contribution is 2.23. The molecule has 0 aromatic heterocycles. The summed E-state index contributed by atoms with van der Waals surface area (Å²) in [5, 5.41) is 21.0. The molecule has 1 fully saturated rings. The molecule has 0 aliphatic carbocycles. The van der Waals surface area contributed by atoms with Gasteiger partial charge < -0.3 is 14.9 Å². The SMILES string of the molecule is O=C(O)C1COC(c2cccc(O)c2)CN1. The quantitative estimate of drug-likeness (QED) is 0.680. The number of rotatable bonds is 2. The summed E-state index contributed by atoms with van der Waals surface area (Å²) in [4.78, 5) is 10.7. The molecule has 1 aliphatic rings. The highest BCUT2D eigenvalue weighted by molar-refractivity contribution is 5.73. The van der Waals surface area contributed by atoms with Crippen molar-refractivity contribution in [3.05, 3.63) is 29.8 Å². The van der Waals surface area contributed by atoms with E-state index in [0.717, 1.165) is 5.56 Å². The average Bonchev–Trinajstić information content (AvgIpc) is 2.29. The third-order valence-corrected chi connectivity index (χ3v) is 2.55. The molecule has 2 atom stereocenters. The second kappa shape index (κ2) is 4.51. The molecule has 1 heterocycles. The third-order valence-electron chi connectivity index (χ3n) is 2.55. The number of phenolic OH excluding ortho intramolecular Hbond substituents is 1. The maximum atomic E-state index is 10.7. The van der Waals surface area contributed by atoms with Crippen LogP contribution in [0.2, 0.25) is 0 Å². The number of carboxylic acids is 1. The molecule has 5 heteroatoms. The maximum absolute atomic E-state index is 10.7. The van der Waals surface area contributed by atoms with Crippen LogP contribution in [0.3, 0.4) is 0 Å². The fraction of sp³-hybridized carbons (Fsp3) is 0.364. The molecule has 1 aromatic carbocycles. The van der Waals surface area contributed by atoms with Crippen LogP contribution in [0.15, 0.2) is 24.3 Å². The van der Waals surface area contributed by atoms with Crippen LogP contribution in [-0.4, -0.2) is 35.4 Å². The van der Waals surface area contributed by atoms with Gasteiger partial charge in [-0.15, -0.1) is 0 Å². The van der Waals surface area contributed by atoms with Gasteiger partial charge in [-0.3, -0.25) is 10.1 Å². The van der Waals surface area contributed by atoms with Crippen molar-refractivity contribution in [3.8, 4) is 5.75 Å². The number of hydrogen-bond donors (Lipinski definition) is 3. The first kappa shape index (κ1) is 10.9. The predicted molar refractivity (Wildman–Crippen MR) is 56.2 cm³/mol. The molecule has 0 spiro atoms. The summed E-state index contributed by atoms with van der Waals surface area (Å²) in [7, 11) is 0. The first-order valence-electron chi connectivity index (χ1n) is 5.03. The Morgan fingerprint density at radius 1 is 1.50 bits per heavy atom. The van der Waals surface area contributed by atoms with Crippen molar-refractivity contribution >= 4 is 5.97 Å². The van der Waals surface area contributed by atoms with E-state index in [4.69, 9.17) is 9.84 Å². The van der Waals surface area contributed by atoms with E-state index in [-0.39, 0.29) is 18.5 Å². The van der Waals surface area contributed by atoms with E-state index >= 15 is 0 Å². The van der Waals surface area contributed by atoms with E-state index in [9.17, 15) is 9.90 Å². The lowest BCUT2D eigenvalue weighted by atomic mass is 10.1. The zero-order valence-electron chi connectivity index (χ0n) is 8.59. The van der Waals surface area contributed by atoms with Gasteiger partial charge in [0.15, 0.2) is 0 Å². The zero-order chi connectivity index (χ0) is 11.5. The fourth-order valence-corrected chi connectivity index (χ4v) is 1.68. The first-order chi connectivity index (χ1) is 7.66. The minimum Gasteiger partial charge on any atom is -0.508 e. The minimum absolute atomic E-state index is 0.135. The van der Waals surface area contributed by atoms with Crippen molar-refractivity contribution < 1.29 is 19.7 Å². The number of aromatic hydroxyl groups is 1. The molecule has 1 saturated heterocycles. The third kappa shape index (κ3) is 2.32. The lowest BCUT2D eigenvalue weighted by Crippen LogP contribution is -2.47. The Morgan fingerprint density at radius 2 is 2.31 bits per heavy atom. The minimum atomic E-state index is -0.908. The van der Waals surface area contributed by atoms with Gasteiger partial charge in [0, 0.05) is 6.54 Å². The zero-order valence-corrected chi connectivity index (χ0v) is 8.59. The van der Waals surface area contributed by atoms with Crippen LogP contribution in [0.4, 0.5) is 0 Å². The van der Waals surface area contributed by atoms with Gasteiger partial charge in [0.1, 0.15) is 11.8 Å². The molecule has 86 valence electrons. The van der Waals surface area contributed by atoms with E-state index in [0.29, 0.717) is 6.54 Å². The van der Waals surface area contributed by atoms with Crippen molar-refractivity contribution in [2.75, 3.05) is 13.2 Å². The summed E-state index contributed by atoms with van der Waals surface area (Å²) < 4.78 is 5.44. The smallest absolute Gasteiger partial charge is 0.323 e. The molecule has 16 heavy (non-hydrogen) atoms. The summed E-state index contributed by atoms with van der Waals surface area (Å²) in [5.41, 5.74) is 0.844. The van der Waals surface area contributed by atoms with Crippen LogP contribution >= 0.6 is 0 Å². The van der Waals surface area contributed by atoms with Crippen molar-refractivity contribution in [2.24, 2.45) is 0 Å². The average molecular weight is 223 g/mol. The summed E-state index contributed by atoms with van der Waals surface area (Å²) in [6.45, 7) is 0.566. The maximum Gasteiger partial charge on any atom is 0.323 e. The number of phenols is 1. The largest absolute Gasteiger partial charge is 0.508 e. The van der Waals surface area contributed by atoms with E-state index in [1.54, 1.807) is 18.2 Å². The Balaban J connectivity index is 2.01. The van der Waals surface area contributed by atoms with Crippen molar-refractivity contribution in [2.45, 2.75) is 12.1 Å². The Labute approximate surface area is 92.7 Å². The van der Waals surface area contributed by atoms with E-state index in [2.05, 4.69) is 5.32 Å². The number of ether oxygens (including phenoxy) is 1. The van der Waals surface area contributed by atoms with Gasteiger partial charge in [-0.1, -0.05) is 12.1 Å². The number of nitrogens with one attached hydrogen (secondary N) is 1. The predicted octanol–water partition coefficient (Wildman–Crippen LogP) is 0.506. The van der Waals surface area contributed by atoms with Crippen LogP contribution in [-0.2, 0) is 9.53 Å². The van der Waals surface area contributed by atoms with Crippen molar-refractivity contribution in [1.29, 1.82) is 0 Å². The molecule has 2 rings (SSSR count). The van der Waals surface area contributed by atoms with E-state index in [1.807, 2.05) is 6.07 Å². The number of morpholine rings is 1. The Kier molecular flexibility index (Phi) is 3.07. The van der Waals surface area contributed by atoms with Gasteiger partial charge in [-0.05, 0) is 17.7 Å². The monoisotopic (exact) mass is 223 g/mol. The van der Waals surface area contributed by atoms with Gasteiger partial charge in [0.25, 0.3) is 0 Å². The fourth-order valence-electron chi connectivity index (χ4n) is 1.68. The highest BCUT2D eigenvalue weighted by Gasteiger charge is 2.26. The second-order valence-electron chi connectivity index (χ2n) is 3.72. The van der Waals surface area contributed by atoms with Gasteiger partial charge in [-0.2, -0.15) is 0 Å². The molecule has 1 aliphatic heterocycles. The molecule has 0 saturated carbocycles. The number of carbonyl (C=O) groups is 1. The van der Waals surface area contributed by atoms with Gasteiger partial charge in [0.05, 0.1) is 12.7 Å². The van der Waals surface area contributed by atoms with Crippen LogP contribution in [0, 0.1) is 0 Å². The van der Waals surface area contributed by atoms with Crippen molar-refractivity contribution in [3.63, 3.8) is 0 Å². The normalized spacial score (nSPS) is 25.2. The number of aliphatic carboxylic acids is 1. The molecular formula is C11H13NO4. The van der Waals surface area contributed by atoms with Gasteiger partial charge in [0.2, 0.25) is 0 Å². The molecule has 5 nitrogen and oxygen atoms in total. The molecule has 1 aromatic rings. The Hall–Kier alpha value is -1.59. The molecular weight excluding hydrogens is 210 g/mol. The van der Waals surface area contributed by atoms with E-state index in [1.165, 1.54) is 0 Å². The number of benzene rings is 1. The molecule has 0 bridgehead atoms. The molecule has 3 N–H and O–H groups in total. The number of carboxylic acid groups (broad SMARTS) is 1. The molecule has 0 radical (unpaired) electrons. The summed E-state index contributed by atoms with van der Waals surface area (Å²) in [6.07, 6.45) is -0.206. The van der Waals surface area contributed by atoms with Gasteiger partial charge >= 0.3 is 5.97 Å². The topological polar surface area (TPSA) is 78.8 Å². The van der Waals surface area contributed by atoms with Crippen LogP contribution in [0.5, 0.6) is 5.75 Å². The number of hydrogen-bond acceptors (Lipinski definition) is 4. The second-order valence-corrected chi connectivity index (χ2v) is 3.72. The van der Waals surface area contributed by atoms with E-state index < -0.39 is 12.0 Å². The Bertz CT molecular complexity index is 385. The van der Waals surface area contributed by atoms with Crippen LogP contribution in [0.25, 0.3) is 0 Å². The summed E-state index contributed by atoms with van der Waals surface area (Å²) in [6, 6.07) is 6.13. The van der Waals surface area contributed by atoms with Crippen LogP contribution < -0.4 is 5.32 Å². The standard InChI is InChI=1S/C11H13NO4/c13-8-3-1-2-7(4-8)10-5-12-9(6-16-10)11(14)15/h1-4,9-10,12-13H,5-6H2,(H,14,15). The van der Waals surface area contributed by atoms with Gasteiger partial charge in [-0.25, -0.2) is 0 Å². The highest BCUT2D eigenvalue weighted by atomic mass is 16.5. The summed E-state index contributed by atoms with van der Waals surface area (Å²) in [5.74, 6) is -0.726. The van der Waals surface area contributed by atoms with Crippen molar-refractivity contribution in [1.82, 2.24) is 5.32 Å².